The molecular formula is C16H24ClFN2O2. The van der Waals surface area contributed by atoms with Crippen LogP contribution in [0.25, 0.3) is 0 Å². The number of amides is 1. The van der Waals surface area contributed by atoms with Crippen LogP contribution in [-0.2, 0) is 11.2 Å². The van der Waals surface area contributed by atoms with Gasteiger partial charge in [-0.3, -0.25) is 4.79 Å². The maximum atomic E-state index is 13.6. The second-order valence-corrected chi connectivity index (χ2v) is 5.61. The van der Waals surface area contributed by atoms with E-state index in [1.165, 1.54) is 13.2 Å². The van der Waals surface area contributed by atoms with Gasteiger partial charge in [0.15, 0.2) is 11.6 Å². The Hall–Kier alpha value is -1.33. The standard InChI is InChI=1S/C16H23FN2O2.ClH/c1-11-9-13(7-8-18-11)19-16(20)6-4-12-3-5-15(21-2)14(17)10-12;/h3,5,10-11,13,18H,4,6-9H2,1-2H3,(H,19,20);1H. The smallest absolute Gasteiger partial charge is 0.220 e. The van der Waals surface area contributed by atoms with Gasteiger partial charge in [-0.15, -0.1) is 12.4 Å². The second-order valence-electron chi connectivity index (χ2n) is 5.61. The molecule has 0 spiro atoms. The van der Waals surface area contributed by atoms with E-state index in [1.54, 1.807) is 12.1 Å². The number of hydrogen-bond acceptors (Lipinski definition) is 3. The Morgan fingerprint density at radius 2 is 2.27 bits per heavy atom. The Morgan fingerprint density at radius 1 is 1.50 bits per heavy atom. The highest BCUT2D eigenvalue weighted by Gasteiger charge is 2.19. The molecule has 2 rings (SSSR count). The zero-order valence-electron chi connectivity index (χ0n) is 13.0. The third kappa shape index (κ3) is 5.46. The fourth-order valence-electron chi connectivity index (χ4n) is 2.69. The summed E-state index contributed by atoms with van der Waals surface area (Å²) in [6, 6.07) is 5.51. The predicted molar refractivity (Wildman–Crippen MR) is 87.2 cm³/mol. The van der Waals surface area contributed by atoms with E-state index in [0.29, 0.717) is 18.9 Å². The van der Waals surface area contributed by atoms with Crippen LogP contribution in [0.3, 0.4) is 0 Å². The van der Waals surface area contributed by atoms with Gasteiger partial charge in [-0.25, -0.2) is 4.39 Å². The molecule has 0 bridgehead atoms. The minimum atomic E-state index is -0.386. The third-order valence-corrected chi connectivity index (χ3v) is 3.85. The summed E-state index contributed by atoms with van der Waals surface area (Å²) in [5.41, 5.74) is 0.808. The predicted octanol–water partition coefficient (Wildman–Crippen LogP) is 2.45. The lowest BCUT2D eigenvalue weighted by Crippen LogP contribution is -2.46. The summed E-state index contributed by atoms with van der Waals surface area (Å²) in [5, 5.41) is 6.41. The van der Waals surface area contributed by atoms with E-state index < -0.39 is 0 Å². The molecule has 1 fully saturated rings. The molecule has 1 aliphatic rings. The molecule has 1 aromatic carbocycles. The van der Waals surface area contributed by atoms with Crippen LogP contribution in [0.15, 0.2) is 18.2 Å². The molecule has 1 aliphatic heterocycles. The molecular weight excluding hydrogens is 307 g/mol. The van der Waals surface area contributed by atoms with E-state index in [4.69, 9.17) is 4.74 Å². The van der Waals surface area contributed by atoms with E-state index in [0.717, 1.165) is 24.9 Å². The Labute approximate surface area is 137 Å². The molecule has 1 saturated heterocycles. The molecule has 1 heterocycles. The molecule has 1 aromatic rings. The molecule has 0 aliphatic carbocycles. The summed E-state index contributed by atoms with van der Waals surface area (Å²) >= 11 is 0. The zero-order valence-corrected chi connectivity index (χ0v) is 13.8. The Bertz CT molecular complexity index is 499. The maximum Gasteiger partial charge on any atom is 0.220 e. The minimum absolute atomic E-state index is 0. The van der Waals surface area contributed by atoms with Crippen LogP contribution in [0.2, 0.25) is 0 Å². The summed E-state index contributed by atoms with van der Waals surface area (Å²) in [5.74, 6) is -0.125. The van der Waals surface area contributed by atoms with Gasteiger partial charge in [0.1, 0.15) is 0 Å². The molecule has 2 atom stereocenters. The van der Waals surface area contributed by atoms with Crippen molar-refractivity contribution in [1.29, 1.82) is 0 Å². The highest BCUT2D eigenvalue weighted by atomic mass is 35.5. The van der Waals surface area contributed by atoms with Crippen molar-refractivity contribution >= 4 is 18.3 Å². The van der Waals surface area contributed by atoms with E-state index in [-0.39, 0.29) is 35.9 Å². The molecule has 2 N–H and O–H groups in total. The first kappa shape index (κ1) is 18.7. The van der Waals surface area contributed by atoms with Gasteiger partial charge in [-0.1, -0.05) is 6.07 Å². The van der Waals surface area contributed by atoms with Gasteiger partial charge in [0, 0.05) is 18.5 Å². The van der Waals surface area contributed by atoms with Gasteiger partial charge >= 0.3 is 0 Å². The number of piperidine rings is 1. The Kier molecular flexibility index (Phi) is 7.62. The summed E-state index contributed by atoms with van der Waals surface area (Å²) in [6.07, 6.45) is 2.84. The number of rotatable bonds is 5. The lowest BCUT2D eigenvalue weighted by Gasteiger charge is -2.28. The minimum Gasteiger partial charge on any atom is -0.494 e. The van der Waals surface area contributed by atoms with Crippen molar-refractivity contribution in [2.45, 2.75) is 44.7 Å². The average Bonchev–Trinajstić information content (AvgIpc) is 2.45. The topological polar surface area (TPSA) is 50.4 Å². The zero-order chi connectivity index (χ0) is 15.2. The highest BCUT2D eigenvalue weighted by Crippen LogP contribution is 2.18. The van der Waals surface area contributed by atoms with Crippen LogP contribution < -0.4 is 15.4 Å². The molecule has 1 amide bonds. The fourth-order valence-corrected chi connectivity index (χ4v) is 2.69. The molecule has 2 unspecified atom stereocenters. The van der Waals surface area contributed by atoms with Crippen LogP contribution in [0, 0.1) is 5.82 Å². The van der Waals surface area contributed by atoms with Crippen LogP contribution in [0.4, 0.5) is 4.39 Å². The number of carbonyl (C=O) groups is 1. The van der Waals surface area contributed by atoms with Gasteiger partial charge < -0.3 is 15.4 Å². The van der Waals surface area contributed by atoms with Crippen molar-refractivity contribution in [1.82, 2.24) is 10.6 Å². The van der Waals surface area contributed by atoms with Crippen molar-refractivity contribution in [3.8, 4) is 5.75 Å². The van der Waals surface area contributed by atoms with E-state index in [2.05, 4.69) is 17.6 Å². The van der Waals surface area contributed by atoms with E-state index >= 15 is 0 Å². The monoisotopic (exact) mass is 330 g/mol. The lowest BCUT2D eigenvalue weighted by atomic mass is 10.0. The largest absolute Gasteiger partial charge is 0.494 e. The van der Waals surface area contributed by atoms with E-state index in [1.807, 2.05) is 0 Å². The van der Waals surface area contributed by atoms with Gasteiger partial charge in [0.25, 0.3) is 0 Å². The Balaban J connectivity index is 0.00000242. The Morgan fingerprint density at radius 3 is 2.91 bits per heavy atom. The van der Waals surface area contributed by atoms with Crippen molar-refractivity contribution in [3.63, 3.8) is 0 Å². The molecule has 0 saturated carbocycles. The summed E-state index contributed by atoms with van der Waals surface area (Å²) in [4.78, 5) is 11.9. The number of aryl methyl sites for hydroxylation is 1. The quantitative estimate of drug-likeness (QED) is 0.872. The second kappa shape index (κ2) is 8.96. The number of nitrogens with one attached hydrogen (secondary N) is 2. The summed E-state index contributed by atoms with van der Waals surface area (Å²) in [6.45, 7) is 3.06. The summed E-state index contributed by atoms with van der Waals surface area (Å²) in [7, 11) is 1.44. The highest BCUT2D eigenvalue weighted by molar-refractivity contribution is 5.85. The third-order valence-electron chi connectivity index (χ3n) is 3.85. The number of benzene rings is 1. The van der Waals surface area contributed by atoms with Gasteiger partial charge in [-0.05, 0) is 50.4 Å². The first-order chi connectivity index (χ1) is 10.1. The summed E-state index contributed by atoms with van der Waals surface area (Å²) < 4.78 is 18.4. The maximum absolute atomic E-state index is 13.6. The normalized spacial score (nSPS) is 20.9. The van der Waals surface area contributed by atoms with Crippen LogP contribution in [0.5, 0.6) is 5.75 Å². The first-order valence-corrected chi connectivity index (χ1v) is 7.43. The SMILES string of the molecule is COc1ccc(CCC(=O)NC2CCNC(C)C2)cc1F.Cl. The molecule has 6 heteroatoms. The van der Waals surface area contributed by atoms with Crippen molar-refractivity contribution in [3.05, 3.63) is 29.6 Å². The fraction of sp³-hybridized carbons (Fsp3) is 0.562. The number of carbonyl (C=O) groups excluding carboxylic acids is 1. The lowest BCUT2D eigenvalue weighted by molar-refractivity contribution is -0.122. The van der Waals surface area contributed by atoms with E-state index in [9.17, 15) is 9.18 Å². The molecule has 124 valence electrons. The van der Waals surface area contributed by atoms with Gasteiger partial charge in [0.05, 0.1) is 7.11 Å². The number of methoxy groups -OCH3 is 1. The van der Waals surface area contributed by atoms with Gasteiger partial charge in [-0.2, -0.15) is 0 Å². The van der Waals surface area contributed by atoms with Gasteiger partial charge in [0.2, 0.25) is 5.91 Å². The average molecular weight is 331 g/mol. The van der Waals surface area contributed by atoms with Crippen molar-refractivity contribution < 1.29 is 13.9 Å². The molecule has 0 radical (unpaired) electrons. The van der Waals surface area contributed by atoms with Crippen molar-refractivity contribution in [2.75, 3.05) is 13.7 Å². The van der Waals surface area contributed by atoms with Crippen LogP contribution >= 0.6 is 12.4 Å². The van der Waals surface area contributed by atoms with Crippen LogP contribution in [-0.4, -0.2) is 31.6 Å². The molecule has 0 aromatic heterocycles. The molecule has 22 heavy (non-hydrogen) atoms. The molecule has 4 nitrogen and oxygen atoms in total. The van der Waals surface area contributed by atoms with Crippen molar-refractivity contribution in [2.24, 2.45) is 0 Å². The number of ether oxygens (including phenoxy) is 1. The van der Waals surface area contributed by atoms with Crippen LogP contribution in [0.1, 0.15) is 31.7 Å². The number of halogens is 2. The first-order valence-electron chi connectivity index (χ1n) is 7.43. The number of hydrogen-bond donors (Lipinski definition) is 2.